The molecule has 0 amide bonds. The van der Waals surface area contributed by atoms with Gasteiger partial charge in [-0.1, -0.05) is 11.6 Å². The number of rotatable bonds is 2. The van der Waals surface area contributed by atoms with Gasteiger partial charge in [-0.15, -0.1) is 0 Å². The van der Waals surface area contributed by atoms with Crippen LogP contribution in [0.25, 0.3) is 0 Å². The van der Waals surface area contributed by atoms with E-state index in [-0.39, 0.29) is 10.9 Å². The van der Waals surface area contributed by atoms with Crippen LogP contribution in [-0.2, 0) is 0 Å². The van der Waals surface area contributed by atoms with Gasteiger partial charge in [0, 0.05) is 11.8 Å². The molecule has 0 aromatic carbocycles. The van der Waals surface area contributed by atoms with Crippen LogP contribution in [0.2, 0.25) is 5.15 Å². The fourth-order valence-corrected chi connectivity index (χ4v) is 0.959. The molecule has 1 rings (SSSR count). The molecule has 1 aromatic heterocycles. The topological polar surface area (TPSA) is 22.1 Å². The van der Waals surface area contributed by atoms with E-state index in [1.54, 1.807) is 6.92 Å². The summed E-state index contributed by atoms with van der Waals surface area (Å²) in [5.41, 5.74) is 0.401. The molecule has 1 heterocycles. The standard InChI is InChI=1S/C8H7ClF3NO/c1-5-6(2-3-13-7(5)9)14-4-8(10,11)12/h2-3H,4H2,1H3. The van der Waals surface area contributed by atoms with E-state index in [9.17, 15) is 13.2 Å². The Morgan fingerprint density at radius 2 is 2.14 bits per heavy atom. The molecule has 0 radical (unpaired) electrons. The number of hydrogen-bond acceptors (Lipinski definition) is 2. The highest BCUT2D eigenvalue weighted by Crippen LogP contribution is 2.24. The molecule has 0 saturated carbocycles. The molecule has 2 nitrogen and oxygen atoms in total. The van der Waals surface area contributed by atoms with Crippen molar-refractivity contribution in [3.05, 3.63) is 23.0 Å². The van der Waals surface area contributed by atoms with Crippen LogP contribution in [0.15, 0.2) is 12.3 Å². The zero-order chi connectivity index (χ0) is 10.8. The molecule has 0 bridgehead atoms. The van der Waals surface area contributed by atoms with Gasteiger partial charge in [-0.2, -0.15) is 13.2 Å². The summed E-state index contributed by atoms with van der Waals surface area (Å²) >= 11 is 5.59. The minimum Gasteiger partial charge on any atom is -0.484 e. The van der Waals surface area contributed by atoms with Crippen molar-refractivity contribution in [3.8, 4) is 5.75 Å². The first-order chi connectivity index (χ1) is 6.40. The molecular weight excluding hydrogens is 219 g/mol. The molecular formula is C8H7ClF3NO. The largest absolute Gasteiger partial charge is 0.484 e. The first-order valence-electron chi connectivity index (χ1n) is 3.71. The van der Waals surface area contributed by atoms with Crippen LogP contribution in [0.1, 0.15) is 5.56 Å². The molecule has 0 aliphatic carbocycles. The van der Waals surface area contributed by atoms with E-state index in [0.717, 1.165) is 0 Å². The van der Waals surface area contributed by atoms with Crippen molar-refractivity contribution in [3.63, 3.8) is 0 Å². The zero-order valence-electron chi connectivity index (χ0n) is 7.23. The number of aromatic nitrogens is 1. The Hall–Kier alpha value is -0.970. The van der Waals surface area contributed by atoms with Gasteiger partial charge in [-0.05, 0) is 13.0 Å². The van der Waals surface area contributed by atoms with Gasteiger partial charge in [0.2, 0.25) is 0 Å². The predicted octanol–water partition coefficient (Wildman–Crippen LogP) is 2.98. The number of hydrogen-bond donors (Lipinski definition) is 0. The molecule has 0 spiro atoms. The zero-order valence-corrected chi connectivity index (χ0v) is 7.99. The van der Waals surface area contributed by atoms with E-state index in [1.165, 1.54) is 12.3 Å². The smallest absolute Gasteiger partial charge is 0.422 e. The summed E-state index contributed by atoms with van der Waals surface area (Å²) in [4.78, 5) is 3.69. The summed E-state index contributed by atoms with van der Waals surface area (Å²) in [5, 5.41) is 0.143. The monoisotopic (exact) mass is 225 g/mol. The van der Waals surface area contributed by atoms with E-state index >= 15 is 0 Å². The molecule has 78 valence electrons. The van der Waals surface area contributed by atoms with Gasteiger partial charge in [-0.25, -0.2) is 4.98 Å². The normalized spacial score (nSPS) is 11.5. The van der Waals surface area contributed by atoms with E-state index < -0.39 is 12.8 Å². The molecule has 0 atom stereocenters. The Bertz CT molecular complexity index is 327. The van der Waals surface area contributed by atoms with Crippen molar-refractivity contribution in [2.75, 3.05) is 6.61 Å². The highest BCUT2D eigenvalue weighted by atomic mass is 35.5. The lowest BCUT2D eigenvalue weighted by Crippen LogP contribution is -2.19. The quantitative estimate of drug-likeness (QED) is 0.722. The SMILES string of the molecule is Cc1c(OCC(F)(F)F)ccnc1Cl. The predicted molar refractivity (Wildman–Crippen MR) is 45.5 cm³/mol. The summed E-state index contributed by atoms with van der Waals surface area (Å²) in [6.45, 7) is 0.217. The first-order valence-corrected chi connectivity index (χ1v) is 4.08. The molecule has 0 aliphatic rings. The van der Waals surface area contributed by atoms with Crippen LogP contribution >= 0.6 is 11.6 Å². The second kappa shape index (κ2) is 4.04. The second-order valence-electron chi connectivity index (χ2n) is 2.63. The molecule has 6 heteroatoms. The minimum absolute atomic E-state index is 0.0994. The molecule has 0 N–H and O–H groups in total. The summed E-state index contributed by atoms with van der Waals surface area (Å²) in [6.07, 6.45) is -3.05. The van der Waals surface area contributed by atoms with Gasteiger partial charge in [-0.3, -0.25) is 0 Å². The average molecular weight is 226 g/mol. The van der Waals surface area contributed by atoms with Crippen LogP contribution in [-0.4, -0.2) is 17.8 Å². The molecule has 0 fully saturated rings. The number of pyridine rings is 1. The Balaban J connectivity index is 2.73. The fraction of sp³-hybridized carbons (Fsp3) is 0.375. The van der Waals surface area contributed by atoms with Crippen molar-refractivity contribution in [1.29, 1.82) is 0 Å². The van der Waals surface area contributed by atoms with Crippen LogP contribution < -0.4 is 4.74 Å². The summed E-state index contributed by atoms with van der Waals surface area (Å²) in [5.74, 6) is 0.0994. The van der Waals surface area contributed by atoms with Crippen molar-refractivity contribution in [1.82, 2.24) is 4.98 Å². The van der Waals surface area contributed by atoms with Gasteiger partial charge in [0.05, 0.1) is 0 Å². The lowest BCUT2D eigenvalue weighted by molar-refractivity contribution is -0.153. The van der Waals surface area contributed by atoms with E-state index in [0.29, 0.717) is 5.56 Å². The minimum atomic E-state index is -4.35. The Morgan fingerprint density at radius 3 is 2.71 bits per heavy atom. The molecule has 0 saturated heterocycles. The fourth-order valence-electron chi connectivity index (χ4n) is 0.810. The van der Waals surface area contributed by atoms with Crippen molar-refractivity contribution < 1.29 is 17.9 Å². The first kappa shape index (κ1) is 11.1. The average Bonchev–Trinajstić information content (AvgIpc) is 2.06. The van der Waals surface area contributed by atoms with Crippen LogP contribution in [0.3, 0.4) is 0 Å². The van der Waals surface area contributed by atoms with Gasteiger partial charge in [0.1, 0.15) is 10.9 Å². The van der Waals surface area contributed by atoms with Gasteiger partial charge in [0.15, 0.2) is 6.61 Å². The van der Waals surface area contributed by atoms with Gasteiger partial charge >= 0.3 is 6.18 Å². The third-order valence-electron chi connectivity index (χ3n) is 1.48. The highest BCUT2D eigenvalue weighted by Gasteiger charge is 2.28. The maximum absolute atomic E-state index is 11.8. The Kier molecular flexibility index (Phi) is 3.21. The number of ether oxygens (including phenoxy) is 1. The van der Waals surface area contributed by atoms with E-state index in [2.05, 4.69) is 9.72 Å². The number of halogens is 4. The van der Waals surface area contributed by atoms with Crippen LogP contribution in [0.4, 0.5) is 13.2 Å². The van der Waals surface area contributed by atoms with E-state index in [4.69, 9.17) is 11.6 Å². The van der Waals surface area contributed by atoms with Crippen molar-refractivity contribution in [2.45, 2.75) is 13.1 Å². The summed E-state index contributed by atoms with van der Waals surface area (Å²) < 4.78 is 39.9. The summed E-state index contributed by atoms with van der Waals surface area (Å²) in [7, 11) is 0. The number of alkyl halides is 3. The van der Waals surface area contributed by atoms with Crippen molar-refractivity contribution >= 4 is 11.6 Å². The Morgan fingerprint density at radius 1 is 1.50 bits per heavy atom. The molecule has 0 unspecified atom stereocenters. The van der Waals surface area contributed by atoms with Crippen LogP contribution in [0, 0.1) is 6.92 Å². The summed E-state index contributed by atoms with van der Waals surface area (Å²) in [6, 6.07) is 1.34. The third kappa shape index (κ3) is 3.06. The lowest BCUT2D eigenvalue weighted by Gasteiger charge is -2.11. The molecule has 0 aliphatic heterocycles. The van der Waals surface area contributed by atoms with Gasteiger partial charge < -0.3 is 4.74 Å². The van der Waals surface area contributed by atoms with Gasteiger partial charge in [0.25, 0.3) is 0 Å². The second-order valence-corrected chi connectivity index (χ2v) is 2.99. The van der Waals surface area contributed by atoms with Crippen molar-refractivity contribution in [2.24, 2.45) is 0 Å². The molecule has 1 aromatic rings. The maximum atomic E-state index is 11.8. The third-order valence-corrected chi connectivity index (χ3v) is 1.87. The highest BCUT2D eigenvalue weighted by molar-refractivity contribution is 6.30. The number of nitrogens with zero attached hydrogens (tertiary/aromatic N) is 1. The lowest BCUT2D eigenvalue weighted by atomic mass is 10.3. The van der Waals surface area contributed by atoms with E-state index in [1.807, 2.05) is 0 Å². The van der Waals surface area contributed by atoms with Crippen LogP contribution in [0.5, 0.6) is 5.75 Å². The maximum Gasteiger partial charge on any atom is 0.422 e. The Labute approximate surface area is 83.7 Å². The molecule has 14 heavy (non-hydrogen) atoms.